The molecule has 3 unspecified atom stereocenters. The van der Waals surface area contributed by atoms with Crippen molar-refractivity contribution in [1.82, 2.24) is 9.80 Å². The standard InChI is InChI=1S/C19H32F3N3O/c1-2-24(12-19(20,21)22)10-13-6-7-25(11-13)18(26)16-8-14-4-3-5-15(9-16)17(14)23/h13-17H,2-12,23H2,1H3. The largest absolute Gasteiger partial charge is 0.401 e. The van der Waals surface area contributed by atoms with Crippen molar-refractivity contribution in [2.24, 2.45) is 29.4 Å². The Morgan fingerprint density at radius 2 is 1.85 bits per heavy atom. The van der Waals surface area contributed by atoms with Crippen molar-refractivity contribution >= 4 is 5.91 Å². The number of carbonyl (C=O) groups excluding carboxylic acids is 1. The summed E-state index contributed by atoms with van der Waals surface area (Å²) in [4.78, 5) is 16.3. The molecule has 1 saturated heterocycles. The van der Waals surface area contributed by atoms with E-state index in [1.165, 1.54) is 11.3 Å². The number of nitrogens with zero attached hydrogens (tertiary/aromatic N) is 2. The summed E-state index contributed by atoms with van der Waals surface area (Å²) in [5, 5.41) is 0. The van der Waals surface area contributed by atoms with Gasteiger partial charge in [-0.25, -0.2) is 0 Å². The fourth-order valence-electron chi connectivity index (χ4n) is 5.35. The zero-order valence-electron chi connectivity index (χ0n) is 15.7. The summed E-state index contributed by atoms with van der Waals surface area (Å²) in [6.45, 7) is 2.98. The molecule has 0 aromatic rings. The number of amides is 1. The number of alkyl halides is 3. The molecule has 7 heteroatoms. The van der Waals surface area contributed by atoms with Gasteiger partial charge in [0.25, 0.3) is 0 Å². The predicted octanol–water partition coefficient (Wildman–Crippen LogP) is 2.87. The van der Waals surface area contributed by atoms with Crippen molar-refractivity contribution < 1.29 is 18.0 Å². The summed E-state index contributed by atoms with van der Waals surface area (Å²) in [5.74, 6) is 1.37. The average molecular weight is 375 g/mol. The van der Waals surface area contributed by atoms with Gasteiger partial charge in [-0.05, 0) is 56.4 Å². The maximum atomic E-state index is 13.0. The average Bonchev–Trinajstić information content (AvgIpc) is 3.00. The van der Waals surface area contributed by atoms with Gasteiger partial charge in [0.2, 0.25) is 5.91 Å². The molecule has 0 aromatic heterocycles. The highest BCUT2D eigenvalue weighted by Crippen LogP contribution is 2.42. The van der Waals surface area contributed by atoms with Gasteiger partial charge in [0.15, 0.2) is 0 Å². The zero-order chi connectivity index (χ0) is 18.9. The first-order valence-electron chi connectivity index (χ1n) is 10.1. The lowest BCUT2D eigenvalue weighted by Gasteiger charge is -2.44. The van der Waals surface area contributed by atoms with E-state index >= 15 is 0 Å². The summed E-state index contributed by atoms with van der Waals surface area (Å²) in [7, 11) is 0. The number of nitrogens with two attached hydrogens (primary N) is 1. The molecule has 26 heavy (non-hydrogen) atoms. The van der Waals surface area contributed by atoms with Crippen LogP contribution in [0.2, 0.25) is 0 Å². The van der Waals surface area contributed by atoms with E-state index in [0.29, 0.717) is 38.0 Å². The third-order valence-electron chi connectivity index (χ3n) is 6.73. The molecule has 1 amide bonds. The van der Waals surface area contributed by atoms with Crippen molar-refractivity contribution in [3.8, 4) is 0 Å². The van der Waals surface area contributed by atoms with E-state index in [0.717, 1.165) is 32.1 Å². The molecule has 1 aliphatic heterocycles. The Kier molecular flexibility index (Phi) is 6.17. The molecule has 2 saturated carbocycles. The zero-order valence-corrected chi connectivity index (χ0v) is 15.7. The van der Waals surface area contributed by atoms with E-state index < -0.39 is 12.7 Å². The minimum Gasteiger partial charge on any atom is -0.342 e. The van der Waals surface area contributed by atoms with Gasteiger partial charge in [-0.2, -0.15) is 13.2 Å². The topological polar surface area (TPSA) is 49.6 Å². The van der Waals surface area contributed by atoms with Crippen molar-refractivity contribution in [3.63, 3.8) is 0 Å². The SMILES string of the molecule is CCN(CC1CCN(C(=O)C2CC3CCCC(C2)C3N)C1)CC(F)(F)F. The van der Waals surface area contributed by atoms with Crippen LogP contribution in [0.4, 0.5) is 13.2 Å². The highest BCUT2D eigenvalue weighted by molar-refractivity contribution is 5.79. The van der Waals surface area contributed by atoms with Crippen LogP contribution in [0, 0.1) is 23.7 Å². The lowest BCUT2D eigenvalue weighted by atomic mass is 9.65. The van der Waals surface area contributed by atoms with Gasteiger partial charge in [-0.1, -0.05) is 13.3 Å². The molecule has 3 rings (SSSR count). The fraction of sp³-hybridized carbons (Fsp3) is 0.947. The Labute approximate surface area is 154 Å². The summed E-state index contributed by atoms with van der Waals surface area (Å²) in [6, 6.07) is 0.250. The van der Waals surface area contributed by atoms with Gasteiger partial charge < -0.3 is 10.6 Å². The third-order valence-corrected chi connectivity index (χ3v) is 6.73. The van der Waals surface area contributed by atoms with E-state index in [2.05, 4.69) is 0 Å². The van der Waals surface area contributed by atoms with E-state index in [-0.39, 0.29) is 23.8 Å². The van der Waals surface area contributed by atoms with Crippen molar-refractivity contribution in [1.29, 1.82) is 0 Å². The van der Waals surface area contributed by atoms with Crippen LogP contribution in [0.1, 0.15) is 45.4 Å². The van der Waals surface area contributed by atoms with E-state index in [9.17, 15) is 18.0 Å². The molecule has 3 atom stereocenters. The van der Waals surface area contributed by atoms with Gasteiger partial charge in [0.1, 0.15) is 0 Å². The summed E-state index contributed by atoms with van der Waals surface area (Å²) >= 11 is 0. The maximum absolute atomic E-state index is 13.0. The van der Waals surface area contributed by atoms with Crippen molar-refractivity contribution in [2.75, 3.05) is 32.7 Å². The van der Waals surface area contributed by atoms with E-state index in [4.69, 9.17) is 5.73 Å². The number of hydrogen-bond donors (Lipinski definition) is 1. The molecule has 3 aliphatic rings. The van der Waals surface area contributed by atoms with Crippen LogP contribution in [-0.4, -0.2) is 60.6 Å². The maximum Gasteiger partial charge on any atom is 0.401 e. The Morgan fingerprint density at radius 1 is 1.19 bits per heavy atom. The monoisotopic (exact) mass is 375 g/mol. The molecule has 4 nitrogen and oxygen atoms in total. The number of fused-ring (bicyclic) bond motifs is 2. The van der Waals surface area contributed by atoms with Crippen LogP contribution < -0.4 is 5.73 Å². The van der Waals surface area contributed by atoms with Crippen LogP contribution >= 0.6 is 0 Å². The third kappa shape index (κ3) is 4.71. The van der Waals surface area contributed by atoms with Crippen molar-refractivity contribution in [3.05, 3.63) is 0 Å². The Hall–Kier alpha value is -0.820. The Balaban J connectivity index is 1.51. The van der Waals surface area contributed by atoms with Gasteiger partial charge in [-0.15, -0.1) is 0 Å². The first-order chi connectivity index (χ1) is 12.3. The fourth-order valence-corrected chi connectivity index (χ4v) is 5.35. The second kappa shape index (κ2) is 8.05. The van der Waals surface area contributed by atoms with Crippen LogP contribution in [0.25, 0.3) is 0 Å². The molecule has 2 bridgehead atoms. The van der Waals surface area contributed by atoms with Crippen molar-refractivity contribution in [2.45, 2.75) is 57.7 Å². The van der Waals surface area contributed by atoms with Gasteiger partial charge in [0, 0.05) is 31.6 Å². The first-order valence-corrected chi connectivity index (χ1v) is 10.1. The van der Waals surface area contributed by atoms with Crippen LogP contribution in [-0.2, 0) is 4.79 Å². The predicted molar refractivity (Wildman–Crippen MR) is 94.4 cm³/mol. The first kappa shape index (κ1) is 19.9. The summed E-state index contributed by atoms with van der Waals surface area (Å²) in [5.41, 5.74) is 6.32. The van der Waals surface area contributed by atoms with E-state index in [1.807, 2.05) is 4.90 Å². The van der Waals surface area contributed by atoms with Gasteiger partial charge in [-0.3, -0.25) is 9.69 Å². The molecule has 1 heterocycles. The second-order valence-electron chi connectivity index (χ2n) is 8.58. The molecular weight excluding hydrogens is 343 g/mol. The molecule has 3 fully saturated rings. The number of rotatable bonds is 5. The molecule has 0 spiro atoms. The lowest BCUT2D eigenvalue weighted by Crippen LogP contribution is -2.49. The molecule has 2 N–H and O–H groups in total. The van der Waals surface area contributed by atoms with Crippen LogP contribution in [0.3, 0.4) is 0 Å². The molecule has 150 valence electrons. The minimum atomic E-state index is -4.16. The van der Waals surface area contributed by atoms with Gasteiger partial charge in [0.05, 0.1) is 6.54 Å². The van der Waals surface area contributed by atoms with Crippen LogP contribution in [0.15, 0.2) is 0 Å². The molecule has 2 aliphatic carbocycles. The van der Waals surface area contributed by atoms with E-state index in [1.54, 1.807) is 6.92 Å². The Morgan fingerprint density at radius 3 is 2.42 bits per heavy atom. The minimum absolute atomic E-state index is 0.0707. The normalized spacial score (nSPS) is 35.2. The van der Waals surface area contributed by atoms with Crippen LogP contribution in [0.5, 0.6) is 0 Å². The highest BCUT2D eigenvalue weighted by Gasteiger charge is 2.42. The summed E-state index contributed by atoms with van der Waals surface area (Å²) < 4.78 is 37.9. The number of carbonyl (C=O) groups is 1. The number of halogens is 3. The van der Waals surface area contributed by atoms with Gasteiger partial charge >= 0.3 is 6.18 Å². The second-order valence-corrected chi connectivity index (χ2v) is 8.58. The molecular formula is C19H32F3N3O. The summed E-state index contributed by atoms with van der Waals surface area (Å²) in [6.07, 6.45) is 1.92. The smallest absolute Gasteiger partial charge is 0.342 e. The highest BCUT2D eigenvalue weighted by atomic mass is 19.4. The molecule has 0 aromatic carbocycles. The number of hydrogen-bond acceptors (Lipinski definition) is 3. The number of likely N-dealkylation sites (tertiary alicyclic amines) is 1. The molecule has 0 radical (unpaired) electrons. The lowest BCUT2D eigenvalue weighted by molar-refractivity contribution is -0.147. The quantitative estimate of drug-likeness (QED) is 0.804. The Bertz CT molecular complexity index is 485.